The summed E-state index contributed by atoms with van der Waals surface area (Å²) in [5.74, 6) is -0.951. The van der Waals surface area contributed by atoms with Gasteiger partial charge in [-0.1, -0.05) is 0 Å². The van der Waals surface area contributed by atoms with Crippen LogP contribution in [-0.2, 0) is 17.8 Å². The van der Waals surface area contributed by atoms with Crippen molar-refractivity contribution in [3.05, 3.63) is 15.6 Å². The minimum Gasteiger partial charge on any atom is -0.476 e. The highest BCUT2D eigenvalue weighted by molar-refractivity contribution is 7.13. The van der Waals surface area contributed by atoms with Gasteiger partial charge in [0.25, 0.3) is 0 Å². The molecule has 0 spiro atoms. The van der Waals surface area contributed by atoms with E-state index in [1.807, 2.05) is 25.8 Å². The first-order chi connectivity index (χ1) is 7.85. The number of carboxylic acids is 1. The molecule has 1 aliphatic rings. The number of nitrogens with zero attached hydrogens (tertiary/aromatic N) is 2. The second kappa shape index (κ2) is 4.36. The van der Waals surface area contributed by atoms with Crippen LogP contribution in [0.4, 0.5) is 0 Å². The third kappa shape index (κ3) is 3.02. The summed E-state index contributed by atoms with van der Waals surface area (Å²) in [5, 5.41) is 10.9. The van der Waals surface area contributed by atoms with Gasteiger partial charge in [-0.05, 0) is 20.8 Å². The Hall–Kier alpha value is -0.980. The van der Waals surface area contributed by atoms with Gasteiger partial charge < -0.3 is 5.11 Å². The van der Waals surface area contributed by atoms with E-state index < -0.39 is 5.97 Å². The molecule has 0 fully saturated rings. The molecule has 94 valence electrons. The fourth-order valence-electron chi connectivity index (χ4n) is 1.73. The summed E-state index contributed by atoms with van der Waals surface area (Å²) in [7, 11) is 0. The van der Waals surface area contributed by atoms with Gasteiger partial charge in [0.2, 0.25) is 5.01 Å². The lowest BCUT2D eigenvalue weighted by Gasteiger charge is -2.31. The van der Waals surface area contributed by atoms with Crippen molar-refractivity contribution < 1.29 is 14.7 Å². The summed E-state index contributed by atoms with van der Waals surface area (Å²) in [6.45, 7) is 7.37. The Bertz CT molecular complexity index is 436. The topological polar surface area (TPSA) is 62.7 Å². The Kier molecular flexibility index (Phi) is 3.20. The van der Waals surface area contributed by atoms with E-state index in [1.54, 1.807) is 0 Å². The molecule has 0 unspecified atom stereocenters. The van der Waals surface area contributed by atoms with Gasteiger partial charge in [0, 0.05) is 17.8 Å². The highest BCUT2D eigenvalue weighted by Crippen LogP contribution is 2.26. The van der Waals surface area contributed by atoms with E-state index in [0.717, 1.165) is 23.5 Å². The lowest BCUT2D eigenvalue weighted by atomic mass is 10.2. The number of thiazole rings is 1. The molecule has 2 rings (SSSR count). The molecule has 1 aromatic heterocycles. The molecule has 0 amide bonds. The largest absolute Gasteiger partial charge is 0.476 e. The molecule has 6 heteroatoms. The van der Waals surface area contributed by atoms with Crippen LogP contribution in [0.2, 0.25) is 0 Å². The van der Waals surface area contributed by atoms with E-state index >= 15 is 0 Å². The Balaban J connectivity index is 2.11. The molecule has 0 saturated heterocycles. The van der Waals surface area contributed by atoms with Gasteiger partial charge in [-0.15, -0.1) is 11.3 Å². The number of hydrogen-bond donors (Lipinski definition) is 1. The lowest BCUT2D eigenvalue weighted by Crippen LogP contribution is -2.37. The van der Waals surface area contributed by atoms with Crippen LogP contribution in [0.25, 0.3) is 0 Å². The molecule has 17 heavy (non-hydrogen) atoms. The molecule has 0 bridgehead atoms. The maximum atomic E-state index is 10.8. The highest BCUT2D eigenvalue weighted by atomic mass is 32.1. The Morgan fingerprint density at radius 2 is 2.24 bits per heavy atom. The second-order valence-corrected chi connectivity index (χ2v) is 6.09. The number of carbonyl (C=O) groups is 1. The third-order valence-corrected chi connectivity index (χ3v) is 3.35. The van der Waals surface area contributed by atoms with Gasteiger partial charge in [0.1, 0.15) is 0 Å². The fraction of sp³-hybridized carbons (Fsp3) is 0.636. The van der Waals surface area contributed by atoms with Crippen LogP contribution in [0.15, 0.2) is 0 Å². The summed E-state index contributed by atoms with van der Waals surface area (Å²) in [6, 6.07) is 0. The molecular formula is C11H16N2O3S. The third-order valence-electron chi connectivity index (χ3n) is 2.28. The zero-order valence-corrected chi connectivity index (χ0v) is 11.0. The van der Waals surface area contributed by atoms with Gasteiger partial charge in [0.05, 0.1) is 17.8 Å². The molecule has 0 aromatic carbocycles. The molecule has 0 aliphatic carbocycles. The van der Waals surface area contributed by atoms with Gasteiger partial charge >= 0.3 is 5.97 Å². The van der Waals surface area contributed by atoms with E-state index in [2.05, 4.69) is 4.98 Å². The van der Waals surface area contributed by atoms with Crippen molar-refractivity contribution in [2.45, 2.75) is 39.3 Å². The number of fused-ring (bicyclic) bond motifs is 1. The van der Waals surface area contributed by atoms with Gasteiger partial charge in [-0.2, -0.15) is 5.06 Å². The van der Waals surface area contributed by atoms with E-state index in [-0.39, 0.29) is 10.6 Å². The van der Waals surface area contributed by atoms with Crippen LogP contribution in [-0.4, -0.2) is 33.3 Å². The van der Waals surface area contributed by atoms with E-state index in [1.165, 1.54) is 11.3 Å². The Morgan fingerprint density at radius 1 is 1.53 bits per heavy atom. The van der Waals surface area contributed by atoms with Crippen molar-refractivity contribution in [1.29, 1.82) is 0 Å². The van der Waals surface area contributed by atoms with Crippen molar-refractivity contribution in [1.82, 2.24) is 10.0 Å². The molecule has 1 N–H and O–H groups in total. The molecule has 5 nitrogen and oxygen atoms in total. The number of aromatic carboxylic acids is 1. The average Bonchev–Trinajstić information content (AvgIpc) is 2.57. The number of rotatable bonds is 2. The summed E-state index contributed by atoms with van der Waals surface area (Å²) < 4.78 is 0. The summed E-state index contributed by atoms with van der Waals surface area (Å²) in [6.07, 6.45) is 0.745. The van der Waals surface area contributed by atoms with E-state index in [9.17, 15) is 4.79 Å². The minimum atomic E-state index is -0.951. The zero-order chi connectivity index (χ0) is 12.6. The monoisotopic (exact) mass is 256 g/mol. The first kappa shape index (κ1) is 12.5. The van der Waals surface area contributed by atoms with Crippen molar-refractivity contribution >= 4 is 17.3 Å². The van der Waals surface area contributed by atoms with Crippen LogP contribution in [0.3, 0.4) is 0 Å². The predicted octanol–water partition coefficient (Wildman–Crippen LogP) is 1.93. The SMILES string of the molecule is CC(C)(C)ON1CCc2nc(C(=O)O)sc2C1. The van der Waals surface area contributed by atoms with Crippen LogP contribution in [0.5, 0.6) is 0 Å². The average molecular weight is 256 g/mol. The van der Waals surface area contributed by atoms with Crippen LogP contribution >= 0.6 is 11.3 Å². The molecular weight excluding hydrogens is 240 g/mol. The fourth-order valence-corrected chi connectivity index (χ4v) is 2.68. The van der Waals surface area contributed by atoms with Crippen molar-refractivity contribution in [3.8, 4) is 0 Å². The summed E-state index contributed by atoms with van der Waals surface area (Å²) in [4.78, 5) is 21.7. The van der Waals surface area contributed by atoms with E-state index in [0.29, 0.717) is 6.54 Å². The Morgan fingerprint density at radius 3 is 2.82 bits per heavy atom. The van der Waals surface area contributed by atoms with Crippen molar-refractivity contribution in [3.63, 3.8) is 0 Å². The standard InChI is InChI=1S/C11H16N2O3S/c1-11(2,3)16-13-5-4-7-8(6-13)17-9(12-7)10(14)15/h4-6H2,1-3H3,(H,14,15). The first-order valence-electron chi connectivity index (χ1n) is 5.51. The van der Waals surface area contributed by atoms with Crippen molar-refractivity contribution in [2.75, 3.05) is 6.54 Å². The van der Waals surface area contributed by atoms with E-state index in [4.69, 9.17) is 9.94 Å². The minimum absolute atomic E-state index is 0.174. The van der Waals surface area contributed by atoms with Crippen LogP contribution in [0, 0.1) is 0 Å². The van der Waals surface area contributed by atoms with Crippen LogP contribution < -0.4 is 0 Å². The normalized spacial score (nSPS) is 16.9. The molecule has 2 heterocycles. The molecule has 1 aliphatic heterocycles. The number of hydrogen-bond acceptors (Lipinski definition) is 5. The molecule has 0 saturated carbocycles. The number of carboxylic acid groups (broad SMARTS) is 1. The van der Waals surface area contributed by atoms with Gasteiger partial charge in [0.15, 0.2) is 0 Å². The second-order valence-electron chi connectivity index (χ2n) is 5.01. The maximum absolute atomic E-state index is 10.8. The molecule has 0 radical (unpaired) electrons. The molecule has 0 atom stereocenters. The summed E-state index contributed by atoms with van der Waals surface area (Å²) >= 11 is 1.24. The smallest absolute Gasteiger partial charge is 0.365 e. The van der Waals surface area contributed by atoms with Gasteiger partial charge in [-0.3, -0.25) is 4.84 Å². The summed E-state index contributed by atoms with van der Waals surface area (Å²) in [5.41, 5.74) is 0.679. The van der Waals surface area contributed by atoms with Gasteiger partial charge in [-0.25, -0.2) is 9.78 Å². The number of aromatic nitrogens is 1. The lowest BCUT2D eigenvalue weighted by molar-refractivity contribution is -0.236. The zero-order valence-electron chi connectivity index (χ0n) is 10.2. The molecule has 1 aromatic rings. The van der Waals surface area contributed by atoms with Crippen molar-refractivity contribution in [2.24, 2.45) is 0 Å². The van der Waals surface area contributed by atoms with Crippen LogP contribution in [0.1, 0.15) is 41.1 Å². The highest BCUT2D eigenvalue weighted by Gasteiger charge is 2.26. The predicted molar refractivity (Wildman–Crippen MR) is 64.0 cm³/mol. The quantitative estimate of drug-likeness (QED) is 0.876. The first-order valence-corrected chi connectivity index (χ1v) is 6.33. The number of hydroxylamine groups is 2. The maximum Gasteiger partial charge on any atom is 0.365 e. The Labute approximate surface area is 104 Å².